The molecule has 0 aliphatic heterocycles. The SMILES string of the molecule is COc1ccc(C)cc1S(=O)(=O)NCC(C)(O)CC(C)C. The second-order valence-corrected chi connectivity index (χ2v) is 7.81. The third kappa shape index (κ3) is 5.30. The molecule has 0 fully saturated rings. The van der Waals surface area contributed by atoms with E-state index < -0.39 is 15.6 Å². The van der Waals surface area contributed by atoms with Crippen molar-refractivity contribution in [3.05, 3.63) is 23.8 Å². The molecule has 21 heavy (non-hydrogen) atoms. The van der Waals surface area contributed by atoms with Gasteiger partial charge in [-0.05, 0) is 43.9 Å². The quantitative estimate of drug-likeness (QED) is 0.808. The Balaban J connectivity index is 2.95. The highest BCUT2D eigenvalue weighted by atomic mass is 32.2. The van der Waals surface area contributed by atoms with Crippen LogP contribution in [0.3, 0.4) is 0 Å². The maximum Gasteiger partial charge on any atom is 0.244 e. The summed E-state index contributed by atoms with van der Waals surface area (Å²) in [5.41, 5.74) is -0.261. The summed E-state index contributed by atoms with van der Waals surface area (Å²) < 4.78 is 32.4. The van der Waals surface area contributed by atoms with Crippen LogP contribution < -0.4 is 9.46 Å². The van der Waals surface area contributed by atoms with Crippen molar-refractivity contribution in [2.24, 2.45) is 5.92 Å². The van der Waals surface area contributed by atoms with Gasteiger partial charge < -0.3 is 9.84 Å². The Kier molecular flexibility index (Phi) is 5.78. The van der Waals surface area contributed by atoms with Gasteiger partial charge in [0.15, 0.2) is 0 Å². The normalized spacial score (nSPS) is 15.0. The Morgan fingerprint density at radius 1 is 1.38 bits per heavy atom. The van der Waals surface area contributed by atoms with Crippen LogP contribution in [0.25, 0.3) is 0 Å². The Bertz CT molecular complexity index is 579. The molecule has 0 saturated heterocycles. The molecule has 1 rings (SSSR count). The zero-order valence-electron chi connectivity index (χ0n) is 13.3. The summed E-state index contributed by atoms with van der Waals surface area (Å²) in [5, 5.41) is 10.2. The molecule has 6 heteroatoms. The van der Waals surface area contributed by atoms with E-state index in [0.29, 0.717) is 6.42 Å². The maximum absolute atomic E-state index is 12.4. The van der Waals surface area contributed by atoms with Crippen LogP contribution >= 0.6 is 0 Å². The molecule has 0 radical (unpaired) electrons. The van der Waals surface area contributed by atoms with Gasteiger partial charge in [-0.1, -0.05) is 19.9 Å². The molecule has 1 unspecified atom stereocenters. The lowest BCUT2D eigenvalue weighted by Crippen LogP contribution is -2.41. The molecular formula is C15H25NO4S. The monoisotopic (exact) mass is 315 g/mol. The van der Waals surface area contributed by atoms with Crippen LogP contribution in [0.2, 0.25) is 0 Å². The average Bonchev–Trinajstić information content (AvgIpc) is 2.35. The number of rotatable bonds is 7. The summed E-state index contributed by atoms with van der Waals surface area (Å²) in [6.07, 6.45) is 0.514. The number of ether oxygens (including phenoxy) is 1. The molecular weight excluding hydrogens is 290 g/mol. The lowest BCUT2D eigenvalue weighted by atomic mass is 9.95. The summed E-state index contributed by atoms with van der Waals surface area (Å²) in [5.74, 6) is 0.564. The van der Waals surface area contributed by atoms with E-state index in [2.05, 4.69) is 4.72 Å². The van der Waals surface area contributed by atoms with E-state index in [4.69, 9.17) is 4.74 Å². The van der Waals surface area contributed by atoms with Crippen LogP contribution in [0.1, 0.15) is 32.8 Å². The number of aliphatic hydroxyl groups is 1. The second kappa shape index (κ2) is 6.77. The van der Waals surface area contributed by atoms with Crippen molar-refractivity contribution in [3.63, 3.8) is 0 Å². The molecule has 0 spiro atoms. The van der Waals surface area contributed by atoms with Crippen molar-refractivity contribution in [1.29, 1.82) is 0 Å². The van der Waals surface area contributed by atoms with Gasteiger partial charge in [-0.3, -0.25) is 0 Å². The average molecular weight is 315 g/mol. The van der Waals surface area contributed by atoms with Gasteiger partial charge in [0.25, 0.3) is 0 Å². The molecule has 120 valence electrons. The number of sulfonamides is 1. The third-order valence-electron chi connectivity index (χ3n) is 3.10. The maximum atomic E-state index is 12.4. The minimum Gasteiger partial charge on any atom is -0.495 e. The van der Waals surface area contributed by atoms with Gasteiger partial charge in [0.2, 0.25) is 10.0 Å². The lowest BCUT2D eigenvalue weighted by molar-refractivity contribution is 0.0436. The van der Waals surface area contributed by atoms with Crippen LogP contribution in [0, 0.1) is 12.8 Å². The minimum atomic E-state index is -3.73. The van der Waals surface area contributed by atoms with Crippen molar-refractivity contribution in [1.82, 2.24) is 4.72 Å². The van der Waals surface area contributed by atoms with E-state index in [9.17, 15) is 13.5 Å². The first kappa shape index (κ1) is 17.9. The first-order valence-corrected chi connectivity index (χ1v) is 8.42. The smallest absolute Gasteiger partial charge is 0.244 e. The van der Waals surface area contributed by atoms with Crippen molar-refractivity contribution in [2.45, 2.75) is 44.6 Å². The first-order chi connectivity index (χ1) is 9.57. The first-order valence-electron chi connectivity index (χ1n) is 6.94. The molecule has 1 aromatic rings. The molecule has 2 N–H and O–H groups in total. The molecule has 1 atom stereocenters. The Morgan fingerprint density at radius 2 is 2.00 bits per heavy atom. The minimum absolute atomic E-state index is 0.0371. The van der Waals surface area contributed by atoms with Gasteiger partial charge in [-0.2, -0.15) is 0 Å². The van der Waals surface area contributed by atoms with Crippen LogP contribution in [-0.4, -0.2) is 32.8 Å². The van der Waals surface area contributed by atoms with E-state index in [-0.39, 0.29) is 23.1 Å². The topological polar surface area (TPSA) is 75.6 Å². The summed E-state index contributed by atoms with van der Waals surface area (Å²) in [4.78, 5) is 0.0883. The highest BCUT2D eigenvalue weighted by Crippen LogP contribution is 2.25. The van der Waals surface area contributed by atoms with E-state index in [0.717, 1.165) is 5.56 Å². The van der Waals surface area contributed by atoms with E-state index in [1.165, 1.54) is 7.11 Å². The highest BCUT2D eigenvalue weighted by molar-refractivity contribution is 7.89. The van der Waals surface area contributed by atoms with Crippen LogP contribution in [-0.2, 0) is 10.0 Å². The summed E-state index contributed by atoms with van der Waals surface area (Å²) in [6.45, 7) is 7.36. The van der Waals surface area contributed by atoms with Gasteiger partial charge in [0, 0.05) is 6.54 Å². The number of benzene rings is 1. The molecule has 0 amide bonds. The predicted molar refractivity (Wildman–Crippen MR) is 83.0 cm³/mol. The van der Waals surface area contributed by atoms with Gasteiger partial charge in [0.1, 0.15) is 10.6 Å². The zero-order chi connectivity index (χ0) is 16.3. The standard InChI is InChI=1S/C15H25NO4S/c1-11(2)9-15(4,17)10-16-21(18,19)14-8-12(3)6-7-13(14)20-5/h6-8,11,16-17H,9-10H2,1-5H3. The molecule has 0 aliphatic rings. The fraction of sp³-hybridized carbons (Fsp3) is 0.600. The van der Waals surface area contributed by atoms with Gasteiger partial charge in [-0.15, -0.1) is 0 Å². The molecule has 5 nitrogen and oxygen atoms in total. The fourth-order valence-electron chi connectivity index (χ4n) is 2.27. The Labute approximate surface area is 127 Å². The van der Waals surface area contributed by atoms with E-state index >= 15 is 0 Å². The highest BCUT2D eigenvalue weighted by Gasteiger charge is 2.26. The molecule has 0 aromatic heterocycles. The van der Waals surface area contributed by atoms with Crippen molar-refractivity contribution in [3.8, 4) is 5.75 Å². The molecule has 0 aliphatic carbocycles. The van der Waals surface area contributed by atoms with Crippen LogP contribution in [0.4, 0.5) is 0 Å². The number of aryl methyl sites for hydroxylation is 1. The molecule has 0 saturated carbocycles. The summed E-state index contributed by atoms with van der Waals surface area (Å²) >= 11 is 0. The van der Waals surface area contributed by atoms with E-state index in [1.807, 2.05) is 20.8 Å². The summed E-state index contributed by atoms with van der Waals surface area (Å²) in [6, 6.07) is 4.96. The second-order valence-electron chi connectivity index (χ2n) is 6.07. The molecule has 0 heterocycles. The van der Waals surface area contributed by atoms with Crippen LogP contribution in [0.15, 0.2) is 23.1 Å². The van der Waals surface area contributed by atoms with Crippen molar-refractivity contribution >= 4 is 10.0 Å². The predicted octanol–water partition coefficient (Wildman–Crippen LogP) is 2.08. The number of hydrogen-bond donors (Lipinski definition) is 2. The third-order valence-corrected chi connectivity index (χ3v) is 4.52. The van der Waals surface area contributed by atoms with Gasteiger partial charge in [-0.25, -0.2) is 13.1 Å². The van der Waals surface area contributed by atoms with Crippen LogP contribution in [0.5, 0.6) is 5.75 Å². The lowest BCUT2D eigenvalue weighted by Gasteiger charge is -2.25. The number of methoxy groups -OCH3 is 1. The van der Waals surface area contributed by atoms with Crippen molar-refractivity contribution in [2.75, 3.05) is 13.7 Å². The Morgan fingerprint density at radius 3 is 2.52 bits per heavy atom. The Hall–Kier alpha value is -1.11. The van der Waals surface area contributed by atoms with Crippen molar-refractivity contribution < 1.29 is 18.3 Å². The molecule has 1 aromatic carbocycles. The molecule has 0 bridgehead atoms. The van der Waals surface area contributed by atoms with Gasteiger partial charge in [0.05, 0.1) is 12.7 Å². The number of hydrogen-bond acceptors (Lipinski definition) is 4. The zero-order valence-corrected chi connectivity index (χ0v) is 14.1. The largest absolute Gasteiger partial charge is 0.495 e. The van der Waals surface area contributed by atoms with E-state index in [1.54, 1.807) is 25.1 Å². The summed E-state index contributed by atoms with van der Waals surface area (Å²) in [7, 11) is -2.30. The number of nitrogens with one attached hydrogen (secondary N) is 1. The fourth-order valence-corrected chi connectivity index (χ4v) is 3.69. The van der Waals surface area contributed by atoms with Gasteiger partial charge >= 0.3 is 0 Å².